The number of halogens is 3. The van der Waals surface area contributed by atoms with E-state index in [0.29, 0.717) is 0 Å². The van der Waals surface area contributed by atoms with Gasteiger partial charge in [-0.1, -0.05) is 12.1 Å². The number of pyridine rings is 1. The average Bonchev–Trinajstić information content (AvgIpc) is 2.41. The van der Waals surface area contributed by atoms with E-state index in [2.05, 4.69) is 4.98 Å². The van der Waals surface area contributed by atoms with Gasteiger partial charge in [0.2, 0.25) is 11.8 Å². The van der Waals surface area contributed by atoms with Crippen molar-refractivity contribution in [2.24, 2.45) is 0 Å². The summed E-state index contributed by atoms with van der Waals surface area (Å²) in [5.41, 5.74) is 4.84. The summed E-state index contributed by atoms with van der Waals surface area (Å²) in [5, 5.41) is 0. The monoisotopic (exact) mass is 284 g/mol. The molecule has 1 aromatic carbocycles. The molecule has 1 aromatic heterocycles. The highest BCUT2D eigenvalue weighted by molar-refractivity contribution is 5.52. The molecule has 0 unspecified atom stereocenters. The summed E-state index contributed by atoms with van der Waals surface area (Å²) in [4.78, 5) is 3.87. The quantitative estimate of drug-likeness (QED) is 0.937. The second kappa shape index (κ2) is 5.28. The molecule has 106 valence electrons. The van der Waals surface area contributed by atoms with E-state index in [0.717, 1.165) is 6.07 Å². The maximum absolute atomic E-state index is 12.8. The molecule has 0 atom stereocenters. The maximum Gasteiger partial charge on any atom is 0.419 e. The number of ether oxygens (including phenoxy) is 2. The van der Waals surface area contributed by atoms with E-state index in [1.54, 1.807) is 0 Å². The zero-order chi connectivity index (χ0) is 14.8. The lowest BCUT2D eigenvalue weighted by Gasteiger charge is -2.14. The molecule has 0 aliphatic rings. The Labute approximate surface area is 113 Å². The van der Waals surface area contributed by atoms with Crippen molar-refractivity contribution in [1.82, 2.24) is 4.98 Å². The van der Waals surface area contributed by atoms with Gasteiger partial charge < -0.3 is 15.2 Å². The van der Waals surface area contributed by atoms with Crippen molar-refractivity contribution in [1.29, 1.82) is 0 Å². The van der Waals surface area contributed by atoms with Gasteiger partial charge in [-0.25, -0.2) is 0 Å². The smallest absolute Gasteiger partial charge is 0.419 e. The van der Waals surface area contributed by atoms with Crippen LogP contribution in [0.1, 0.15) is 5.56 Å². The van der Waals surface area contributed by atoms with Gasteiger partial charge in [-0.15, -0.1) is 0 Å². The van der Waals surface area contributed by atoms with Crippen molar-refractivity contribution >= 4 is 5.69 Å². The highest BCUT2D eigenvalue weighted by Gasteiger charge is 2.34. The van der Waals surface area contributed by atoms with E-state index >= 15 is 0 Å². The Bertz CT molecular complexity index is 615. The number of hydrogen-bond donors (Lipinski definition) is 1. The number of benzene rings is 1. The first-order valence-corrected chi connectivity index (χ1v) is 5.56. The van der Waals surface area contributed by atoms with Gasteiger partial charge in [-0.2, -0.15) is 18.2 Å². The molecular formula is C13H11F3N2O2. The highest BCUT2D eigenvalue weighted by atomic mass is 19.4. The third-order valence-electron chi connectivity index (χ3n) is 2.47. The Morgan fingerprint density at radius 3 is 2.45 bits per heavy atom. The van der Waals surface area contributed by atoms with Crippen LogP contribution in [-0.4, -0.2) is 12.1 Å². The van der Waals surface area contributed by atoms with Crippen molar-refractivity contribution in [3.8, 4) is 17.5 Å². The fourth-order valence-corrected chi connectivity index (χ4v) is 1.52. The number of rotatable bonds is 3. The average molecular weight is 284 g/mol. The van der Waals surface area contributed by atoms with E-state index < -0.39 is 11.7 Å². The Morgan fingerprint density at radius 1 is 1.10 bits per heavy atom. The molecule has 2 aromatic rings. The minimum Gasteiger partial charge on any atom is -0.481 e. The Hall–Kier alpha value is -2.44. The van der Waals surface area contributed by atoms with Gasteiger partial charge in [-0.3, -0.25) is 0 Å². The van der Waals surface area contributed by atoms with Gasteiger partial charge in [0.15, 0.2) is 0 Å². The summed E-state index contributed by atoms with van der Waals surface area (Å²) in [7, 11) is 1.38. The molecule has 4 nitrogen and oxygen atoms in total. The molecule has 0 aliphatic carbocycles. The largest absolute Gasteiger partial charge is 0.481 e. The van der Waals surface area contributed by atoms with Crippen molar-refractivity contribution in [2.45, 2.75) is 6.18 Å². The minimum atomic E-state index is -4.52. The van der Waals surface area contributed by atoms with Crippen LogP contribution in [0.25, 0.3) is 0 Å². The lowest BCUT2D eigenvalue weighted by molar-refractivity contribution is -0.138. The summed E-state index contributed by atoms with van der Waals surface area (Å²) >= 11 is 0. The Balaban J connectivity index is 2.40. The molecular weight excluding hydrogens is 273 g/mol. The molecule has 7 heteroatoms. The Morgan fingerprint density at radius 2 is 1.80 bits per heavy atom. The molecule has 0 bridgehead atoms. The second-order valence-corrected chi connectivity index (χ2v) is 3.84. The molecule has 2 rings (SSSR count). The molecule has 0 aliphatic heterocycles. The van der Waals surface area contributed by atoms with E-state index in [1.807, 2.05) is 0 Å². The fourth-order valence-electron chi connectivity index (χ4n) is 1.52. The van der Waals surface area contributed by atoms with Crippen molar-refractivity contribution in [2.75, 3.05) is 12.8 Å². The van der Waals surface area contributed by atoms with E-state index in [9.17, 15) is 13.2 Å². The molecule has 2 N–H and O–H groups in total. The van der Waals surface area contributed by atoms with Crippen LogP contribution in [0.4, 0.5) is 18.9 Å². The van der Waals surface area contributed by atoms with Crippen LogP contribution in [-0.2, 0) is 6.18 Å². The molecule has 0 radical (unpaired) electrons. The molecule has 1 heterocycles. The number of nitrogens with zero attached hydrogens (tertiary/aromatic N) is 1. The normalized spacial score (nSPS) is 11.2. The second-order valence-electron chi connectivity index (χ2n) is 3.84. The van der Waals surface area contributed by atoms with Crippen molar-refractivity contribution in [3.63, 3.8) is 0 Å². The van der Waals surface area contributed by atoms with Crippen LogP contribution in [0, 0.1) is 0 Å². The molecule has 20 heavy (non-hydrogen) atoms. The number of methoxy groups -OCH3 is 1. The van der Waals surface area contributed by atoms with E-state index in [-0.39, 0.29) is 23.2 Å². The van der Waals surface area contributed by atoms with Gasteiger partial charge in [0.05, 0.1) is 18.4 Å². The number of hydrogen-bond acceptors (Lipinski definition) is 4. The first-order chi connectivity index (χ1) is 9.41. The third-order valence-corrected chi connectivity index (χ3v) is 2.47. The summed E-state index contributed by atoms with van der Waals surface area (Å²) in [6.45, 7) is 0. The van der Waals surface area contributed by atoms with Crippen LogP contribution < -0.4 is 15.2 Å². The zero-order valence-electron chi connectivity index (χ0n) is 10.4. The zero-order valence-corrected chi connectivity index (χ0v) is 10.4. The first-order valence-electron chi connectivity index (χ1n) is 5.56. The van der Waals surface area contributed by atoms with Gasteiger partial charge in [0.1, 0.15) is 5.75 Å². The number of nitrogen functional groups attached to an aromatic ring is 1. The number of nitrogens with two attached hydrogens (primary N) is 1. The number of anilines is 1. The predicted molar refractivity (Wildman–Crippen MR) is 66.7 cm³/mol. The maximum atomic E-state index is 12.8. The first kappa shape index (κ1) is 14.0. The van der Waals surface area contributed by atoms with Crippen LogP contribution in [0.5, 0.6) is 17.5 Å². The van der Waals surface area contributed by atoms with Gasteiger partial charge in [-0.05, 0) is 18.2 Å². The Kier molecular flexibility index (Phi) is 3.69. The topological polar surface area (TPSA) is 57.4 Å². The van der Waals surface area contributed by atoms with Gasteiger partial charge in [0.25, 0.3) is 0 Å². The third kappa shape index (κ3) is 2.93. The van der Waals surface area contributed by atoms with E-state index in [1.165, 1.54) is 37.4 Å². The summed E-state index contributed by atoms with van der Waals surface area (Å²) < 4.78 is 48.6. The van der Waals surface area contributed by atoms with Crippen LogP contribution in [0.2, 0.25) is 0 Å². The van der Waals surface area contributed by atoms with E-state index in [4.69, 9.17) is 15.2 Å². The van der Waals surface area contributed by atoms with Crippen molar-refractivity contribution in [3.05, 3.63) is 42.0 Å². The molecule has 0 saturated heterocycles. The summed E-state index contributed by atoms with van der Waals surface area (Å²) in [5.74, 6) is -0.313. The number of alkyl halides is 3. The van der Waals surface area contributed by atoms with Crippen LogP contribution >= 0.6 is 0 Å². The fraction of sp³-hybridized carbons (Fsp3) is 0.154. The molecule has 0 saturated carbocycles. The van der Waals surface area contributed by atoms with Gasteiger partial charge in [0, 0.05) is 6.07 Å². The number of para-hydroxylation sites is 1. The lowest BCUT2D eigenvalue weighted by Crippen LogP contribution is -2.07. The number of aromatic nitrogens is 1. The molecule has 0 fully saturated rings. The van der Waals surface area contributed by atoms with Gasteiger partial charge >= 0.3 is 6.18 Å². The summed E-state index contributed by atoms with van der Waals surface area (Å²) in [6, 6.07) is 7.75. The molecule has 0 spiro atoms. The van der Waals surface area contributed by atoms with Crippen molar-refractivity contribution < 1.29 is 22.6 Å². The molecule has 0 amide bonds. The predicted octanol–water partition coefficient (Wildman–Crippen LogP) is 3.48. The highest BCUT2D eigenvalue weighted by Crippen LogP contribution is 2.38. The van der Waals surface area contributed by atoms with Crippen LogP contribution in [0.15, 0.2) is 36.4 Å². The SMILES string of the molecule is COc1ccc(N)c(Oc2ccccc2C(F)(F)F)n1. The van der Waals surface area contributed by atoms with Crippen LogP contribution in [0.3, 0.4) is 0 Å². The standard InChI is InChI=1S/C13H11F3N2O2/c1-19-11-7-6-9(17)12(18-11)20-10-5-3-2-4-8(10)13(14,15)16/h2-7H,17H2,1H3. The minimum absolute atomic E-state index is 0.114. The summed E-state index contributed by atoms with van der Waals surface area (Å²) in [6.07, 6.45) is -4.52. The lowest BCUT2D eigenvalue weighted by atomic mass is 10.2.